The van der Waals surface area contributed by atoms with E-state index in [4.69, 9.17) is 5.73 Å². The van der Waals surface area contributed by atoms with Crippen LogP contribution in [0.15, 0.2) is 24.3 Å². The second-order valence-electron chi connectivity index (χ2n) is 3.49. The predicted molar refractivity (Wildman–Crippen MR) is 57.2 cm³/mol. The van der Waals surface area contributed by atoms with Crippen LogP contribution in [0, 0.1) is 6.92 Å². The Hall–Kier alpha value is -2.24. The van der Waals surface area contributed by atoms with E-state index in [0.717, 1.165) is 11.1 Å². The van der Waals surface area contributed by atoms with E-state index < -0.39 is 5.91 Å². The van der Waals surface area contributed by atoms with Gasteiger partial charge in [-0.25, -0.2) is 4.68 Å². The first-order valence-electron chi connectivity index (χ1n) is 4.78. The van der Waals surface area contributed by atoms with Crippen molar-refractivity contribution in [3.8, 4) is 11.4 Å². The summed E-state index contributed by atoms with van der Waals surface area (Å²) < 4.78 is 1.38. The number of tetrazole rings is 1. The highest BCUT2D eigenvalue weighted by molar-refractivity contribution is 5.74. The lowest BCUT2D eigenvalue weighted by Gasteiger charge is -2.02. The molecule has 0 aliphatic heterocycles. The van der Waals surface area contributed by atoms with Gasteiger partial charge >= 0.3 is 0 Å². The van der Waals surface area contributed by atoms with Gasteiger partial charge in [-0.05, 0) is 17.4 Å². The smallest absolute Gasteiger partial charge is 0.239 e. The maximum atomic E-state index is 10.8. The van der Waals surface area contributed by atoms with Gasteiger partial charge in [0, 0.05) is 5.56 Å². The third-order valence-electron chi connectivity index (χ3n) is 2.15. The van der Waals surface area contributed by atoms with Gasteiger partial charge in [0.1, 0.15) is 6.54 Å². The van der Waals surface area contributed by atoms with Crippen LogP contribution in [0.25, 0.3) is 11.4 Å². The molecular formula is C10H11N5O. The van der Waals surface area contributed by atoms with Crippen molar-refractivity contribution >= 4 is 5.91 Å². The Balaban J connectivity index is 2.36. The maximum Gasteiger partial charge on any atom is 0.239 e. The van der Waals surface area contributed by atoms with Gasteiger partial charge in [-0.15, -0.1) is 5.10 Å². The third kappa shape index (κ3) is 2.05. The Kier molecular flexibility index (Phi) is 2.63. The number of aryl methyl sites for hydroxylation is 1. The van der Waals surface area contributed by atoms with Gasteiger partial charge < -0.3 is 5.73 Å². The van der Waals surface area contributed by atoms with Gasteiger partial charge in [0.2, 0.25) is 5.91 Å². The zero-order chi connectivity index (χ0) is 11.5. The molecule has 2 aromatic rings. The van der Waals surface area contributed by atoms with Gasteiger partial charge in [-0.3, -0.25) is 4.79 Å². The number of benzene rings is 1. The molecule has 1 aromatic heterocycles. The van der Waals surface area contributed by atoms with Crippen LogP contribution in [0.4, 0.5) is 0 Å². The summed E-state index contributed by atoms with van der Waals surface area (Å²) in [6, 6.07) is 7.72. The Morgan fingerprint density at radius 3 is 2.69 bits per heavy atom. The number of nitrogens with two attached hydrogens (primary N) is 1. The highest BCUT2D eigenvalue weighted by atomic mass is 16.1. The SMILES string of the molecule is Cc1ccc(-c2nnnn2CC(N)=O)cc1. The minimum Gasteiger partial charge on any atom is -0.368 e. The first kappa shape index (κ1) is 10.3. The van der Waals surface area contributed by atoms with E-state index in [0.29, 0.717) is 5.82 Å². The highest BCUT2D eigenvalue weighted by Gasteiger charge is 2.09. The second-order valence-corrected chi connectivity index (χ2v) is 3.49. The Bertz CT molecular complexity index is 502. The lowest BCUT2D eigenvalue weighted by molar-refractivity contribution is -0.118. The lowest BCUT2D eigenvalue weighted by atomic mass is 10.1. The van der Waals surface area contributed by atoms with Crippen LogP contribution in [-0.2, 0) is 11.3 Å². The average molecular weight is 217 g/mol. The van der Waals surface area contributed by atoms with Crippen molar-refractivity contribution in [3.63, 3.8) is 0 Å². The molecule has 0 fully saturated rings. The van der Waals surface area contributed by atoms with Gasteiger partial charge in [-0.1, -0.05) is 29.8 Å². The number of hydrogen-bond acceptors (Lipinski definition) is 4. The molecule has 0 spiro atoms. The normalized spacial score (nSPS) is 10.3. The largest absolute Gasteiger partial charge is 0.368 e. The van der Waals surface area contributed by atoms with Gasteiger partial charge in [0.05, 0.1) is 0 Å². The van der Waals surface area contributed by atoms with Crippen molar-refractivity contribution in [1.82, 2.24) is 20.2 Å². The number of hydrogen-bond donors (Lipinski definition) is 1. The summed E-state index contributed by atoms with van der Waals surface area (Å²) in [4.78, 5) is 10.8. The first-order chi connectivity index (χ1) is 7.66. The third-order valence-corrected chi connectivity index (χ3v) is 2.15. The highest BCUT2D eigenvalue weighted by Crippen LogP contribution is 2.15. The molecule has 2 rings (SSSR count). The topological polar surface area (TPSA) is 86.7 Å². The molecule has 0 bridgehead atoms. The van der Waals surface area contributed by atoms with Crippen molar-refractivity contribution in [2.24, 2.45) is 5.73 Å². The quantitative estimate of drug-likeness (QED) is 0.791. The first-order valence-corrected chi connectivity index (χ1v) is 4.78. The standard InChI is InChI=1S/C10H11N5O/c1-7-2-4-8(5-3-7)10-12-13-14-15(10)6-9(11)16/h2-5H,6H2,1H3,(H2,11,16). The van der Waals surface area contributed by atoms with E-state index in [1.54, 1.807) is 0 Å². The Labute approximate surface area is 92.1 Å². The van der Waals surface area contributed by atoms with Gasteiger partial charge in [0.15, 0.2) is 5.82 Å². The zero-order valence-corrected chi connectivity index (χ0v) is 8.79. The monoisotopic (exact) mass is 217 g/mol. The molecule has 0 unspecified atom stereocenters. The molecule has 0 atom stereocenters. The van der Waals surface area contributed by atoms with E-state index >= 15 is 0 Å². The van der Waals surface area contributed by atoms with Gasteiger partial charge in [-0.2, -0.15) is 0 Å². The molecule has 16 heavy (non-hydrogen) atoms. The molecule has 0 aliphatic rings. The molecule has 1 aromatic carbocycles. The van der Waals surface area contributed by atoms with Crippen LogP contribution < -0.4 is 5.73 Å². The van der Waals surface area contributed by atoms with Crippen molar-refractivity contribution in [3.05, 3.63) is 29.8 Å². The molecule has 6 nitrogen and oxygen atoms in total. The molecule has 0 saturated heterocycles. The number of carbonyl (C=O) groups is 1. The van der Waals surface area contributed by atoms with Crippen LogP contribution in [0.3, 0.4) is 0 Å². The summed E-state index contributed by atoms with van der Waals surface area (Å²) in [7, 11) is 0. The summed E-state index contributed by atoms with van der Waals surface area (Å²) in [5.74, 6) is 0.0689. The minimum atomic E-state index is -0.472. The zero-order valence-electron chi connectivity index (χ0n) is 8.79. The fourth-order valence-electron chi connectivity index (χ4n) is 1.37. The summed E-state index contributed by atoms with van der Waals surface area (Å²) >= 11 is 0. The van der Waals surface area contributed by atoms with Crippen molar-refractivity contribution in [1.29, 1.82) is 0 Å². The number of rotatable bonds is 3. The Morgan fingerprint density at radius 2 is 2.06 bits per heavy atom. The summed E-state index contributed by atoms with van der Waals surface area (Å²) in [6.45, 7) is 1.98. The molecule has 0 radical (unpaired) electrons. The number of carbonyl (C=O) groups excluding carboxylic acids is 1. The fourth-order valence-corrected chi connectivity index (χ4v) is 1.37. The summed E-state index contributed by atoms with van der Waals surface area (Å²) in [5, 5.41) is 11.1. The van der Waals surface area contributed by atoms with E-state index in [-0.39, 0.29) is 6.54 Å². The van der Waals surface area contributed by atoms with Crippen molar-refractivity contribution < 1.29 is 4.79 Å². The van der Waals surface area contributed by atoms with Crippen LogP contribution in [0.5, 0.6) is 0 Å². The van der Waals surface area contributed by atoms with Gasteiger partial charge in [0.25, 0.3) is 0 Å². The number of aromatic nitrogens is 4. The molecule has 0 saturated carbocycles. The molecule has 82 valence electrons. The van der Waals surface area contributed by atoms with Crippen LogP contribution in [-0.4, -0.2) is 26.1 Å². The number of primary amides is 1. The predicted octanol–water partition coefficient (Wildman–Crippen LogP) is 0.134. The van der Waals surface area contributed by atoms with E-state index in [2.05, 4.69) is 15.5 Å². The second kappa shape index (κ2) is 4.09. The fraction of sp³-hybridized carbons (Fsp3) is 0.200. The summed E-state index contributed by atoms with van der Waals surface area (Å²) in [5.41, 5.74) is 7.11. The van der Waals surface area contributed by atoms with Crippen molar-refractivity contribution in [2.45, 2.75) is 13.5 Å². The van der Waals surface area contributed by atoms with Crippen LogP contribution in [0.1, 0.15) is 5.56 Å². The number of amides is 1. The number of nitrogens with zero attached hydrogens (tertiary/aromatic N) is 4. The van der Waals surface area contributed by atoms with E-state index in [9.17, 15) is 4.79 Å². The summed E-state index contributed by atoms with van der Waals surface area (Å²) in [6.07, 6.45) is 0. The Morgan fingerprint density at radius 1 is 1.38 bits per heavy atom. The van der Waals surface area contributed by atoms with Crippen LogP contribution in [0.2, 0.25) is 0 Å². The minimum absolute atomic E-state index is 0.0176. The molecule has 1 heterocycles. The van der Waals surface area contributed by atoms with E-state index in [1.165, 1.54) is 4.68 Å². The molecule has 2 N–H and O–H groups in total. The molecular weight excluding hydrogens is 206 g/mol. The average Bonchev–Trinajstić information content (AvgIpc) is 2.66. The molecule has 6 heteroatoms. The van der Waals surface area contributed by atoms with E-state index in [1.807, 2.05) is 31.2 Å². The van der Waals surface area contributed by atoms with Crippen LogP contribution >= 0.6 is 0 Å². The van der Waals surface area contributed by atoms with Crippen molar-refractivity contribution in [2.75, 3.05) is 0 Å². The lowest BCUT2D eigenvalue weighted by Crippen LogP contribution is -2.20. The maximum absolute atomic E-state index is 10.8. The molecule has 0 aliphatic carbocycles. The molecule has 1 amide bonds.